The second kappa shape index (κ2) is 4.56. The smallest absolute Gasteiger partial charge is 0.0632 e. The summed E-state index contributed by atoms with van der Waals surface area (Å²) in [6.45, 7) is 4.18. The molecule has 0 spiro atoms. The Balaban J connectivity index is 2.28. The first-order valence-corrected chi connectivity index (χ1v) is 4.97. The van der Waals surface area contributed by atoms with E-state index in [9.17, 15) is 0 Å². The molecule has 0 bridgehead atoms. The van der Waals surface area contributed by atoms with E-state index in [1.807, 2.05) is 6.07 Å². The lowest BCUT2D eigenvalue weighted by atomic mass is 10.0. The summed E-state index contributed by atoms with van der Waals surface area (Å²) in [5, 5.41) is 0. The zero-order valence-corrected chi connectivity index (χ0v) is 8.56. The molecule has 0 atom stereocenters. The highest BCUT2D eigenvalue weighted by molar-refractivity contribution is 5.63. The highest BCUT2D eigenvalue weighted by Gasteiger charge is 1.96. The van der Waals surface area contributed by atoms with Crippen LogP contribution in [0.5, 0.6) is 0 Å². The lowest BCUT2D eigenvalue weighted by molar-refractivity contribution is 1.08. The van der Waals surface area contributed by atoms with Gasteiger partial charge in [-0.2, -0.15) is 0 Å². The van der Waals surface area contributed by atoms with Gasteiger partial charge in [-0.25, -0.2) is 0 Å². The molecule has 0 saturated carbocycles. The molecule has 2 aromatic carbocycles. The van der Waals surface area contributed by atoms with Gasteiger partial charge >= 0.3 is 0 Å². The van der Waals surface area contributed by atoms with Gasteiger partial charge < -0.3 is 0 Å². The van der Waals surface area contributed by atoms with Crippen LogP contribution in [0, 0.1) is 0 Å². The van der Waals surface area contributed by atoms with E-state index in [1.54, 1.807) is 0 Å². The van der Waals surface area contributed by atoms with Gasteiger partial charge in [-0.3, -0.25) is 4.99 Å². The molecule has 0 saturated heterocycles. The number of hydrogen-bond donors (Lipinski definition) is 0. The molecule has 0 aliphatic rings. The molecule has 0 N–H and O–H groups in total. The molecule has 0 aromatic heterocycles. The standard InChI is InChI=1S/C14H13N/c1-15-11-12-7-9-14(10-8-12)13-5-3-2-4-6-13/h2-10H,1,11H2. The fourth-order valence-electron chi connectivity index (χ4n) is 1.56. The average molecular weight is 195 g/mol. The Hall–Kier alpha value is -1.89. The number of benzene rings is 2. The number of hydrogen-bond acceptors (Lipinski definition) is 1. The van der Waals surface area contributed by atoms with E-state index < -0.39 is 0 Å². The van der Waals surface area contributed by atoms with Gasteiger partial charge in [-0.05, 0) is 23.4 Å². The molecule has 0 heterocycles. The van der Waals surface area contributed by atoms with Crippen LogP contribution in [0.25, 0.3) is 11.1 Å². The van der Waals surface area contributed by atoms with Crippen molar-refractivity contribution in [2.24, 2.45) is 4.99 Å². The summed E-state index contributed by atoms with van der Waals surface area (Å²) in [6.07, 6.45) is 0. The predicted octanol–water partition coefficient (Wildman–Crippen LogP) is 3.55. The third kappa shape index (κ3) is 2.32. The molecule has 74 valence electrons. The molecule has 2 rings (SSSR count). The van der Waals surface area contributed by atoms with Crippen molar-refractivity contribution in [3.05, 3.63) is 60.2 Å². The van der Waals surface area contributed by atoms with Crippen molar-refractivity contribution in [1.29, 1.82) is 0 Å². The summed E-state index contributed by atoms with van der Waals surface area (Å²) >= 11 is 0. The van der Waals surface area contributed by atoms with Crippen LogP contribution in [0.1, 0.15) is 5.56 Å². The van der Waals surface area contributed by atoms with Gasteiger partial charge in [0.05, 0.1) is 6.54 Å². The zero-order chi connectivity index (χ0) is 10.5. The summed E-state index contributed by atoms with van der Waals surface area (Å²) in [4.78, 5) is 3.86. The second-order valence-electron chi connectivity index (χ2n) is 3.44. The van der Waals surface area contributed by atoms with Crippen LogP contribution in [0.4, 0.5) is 0 Å². The Morgan fingerprint density at radius 2 is 1.40 bits per heavy atom. The van der Waals surface area contributed by atoms with E-state index in [2.05, 4.69) is 60.2 Å². The van der Waals surface area contributed by atoms with E-state index in [0.29, 0.717) is 6.54 Å². The second-order valence-corrected chi connectivity index (χ2v) is 3.44. The normalized spacial score (nSPS) is 9.87. The van der Waals surface area contributed by atoms with Gasteiger partial charge in [-0.1, -0.05) is 54.6 Å². The van der Waals surface area contributed by atoms with E-state index in [4.69, 9.17) is 0 Å². The van der Waals surface area contributed by atoms with Crippen LogP contribution < -0.4 is 0 Å². The van der Waals surface area contributed by atoms with Crippen molar-refractivity contribution >= 4 is 6.72 Å². The number of aliphatic imine (C=N–C) groups is 1. The van der Waals surface area contributed by atoms with Crippen molar-refractivity contribution in [3.8, 4) is 11.1 Å². The van der Waals surface area contributed by atoms with Crippen molar-refractivity contribution in [3.63, 3.8) is 0 Å². The van der Waals surface area contributed by atoms with Gasteiger partial charge in [0.25, 0.3) is 0 Å². The maximum absolute atomic E-state index is 3.86. The van der Waals surface area contributed by atoms with Gasteiger partial charge in [0.15, 0.2) is 0 Å². The molecule has 1 nitrogen and oxygen atoms in total. The van der Waals surface area contributed by atoms with Crippen molar-refractivity contribution < 1.29 is 0 Å². The molecular weight excluding hydrogens is 182 g/mol. The van der Waals surface area contributed by atoms with Crippen molar-refractivity contribution in [2.45, 2.75) is 6.54 Å². The SMILES string of the molecule is C=NCc1ccc(-c2ccccc2)cc1. The quantitative estimate of drug-likeness (QED) is 0.664. The lowest BCUT2D eigenvalue weighted by Crippen LogP contribution is -1.81. The van der Waals surface area contributed by atoms with Crippen LogP contribution in [0.15, 0.2) is 59.6 Å². The Morgan fingerprint density at radius 1 is 0.800 bits per heavy atom. The fraction of sp³-hybridized carbons (Fsp3) is 0.0714. The third-order valence-electron chi connectivity index (χ3n) is 2.36. The Morgan fingerprint density at radius 3 is 2.00 bits per heavy atom. The number of rotatable bonds is 3. The van der Waals surface area contributed by atoms with Crippen LogP contribution >= 0.6 is 0 Å². The minimum Gasteiger partial charge on any atom is -0.296 e. The molecule has 0 aliphatic carbocycles. The minimum atomic E-state index is 0.690. The summed E-state index contributed by atoms with van der Waals surface area (Å²) in [5.41, 5.74) is 3.68. The maximum Gasteiger partial charge on any atom is 0.0632 e. The monoisotopic (exact) mass is 195 g/mol. The zero-order valence-electron chi connectivity index (χ0n) is 8.56. The van der Waals surface area contributed by atoms with E-state index in [0.717, 1.165) is 0 Å². The van der Waals surface area contributed by atoms with Gasteiger partial charge in [0.2, 0.25) is 0 Å². The first-order valence-electron chi connectivity index (χ1n) is 4.97. The van der Waals surface area contributed by atoms with Crippen LogP contribution in [0.3, 0.4) is 0 Å². The van der Waals surface area contributed by atoms with Gasteiger partial charge in [-0.15, -0.1) is 0 Å². The van der Waals surface area contributed by atoms with Crippen molar-refractivity contribution in [1.82, 2.24) is 0 Å². The van der Waals surface area contributed by atoms with Crippen molar-refractivity contribution in [2.75, 3.05) is 0 Å². The minimum absolute atomic E-state index is 0.690. The highest BCUT2D eigenvalue weighted by Crippen LogP contribution is 2.19. The lowest BCUT2D eigenvalue weighted by Gasteiger charge is -2.02. The van der Waals surface area contributed by atoms with E-state index >= 15 is 0 Å². The molecular formula is C14H13N. The first-order chi connectivity index (χ1) is 7.40. The Labute approximate surface area is 90.1 Å². The molecule has 2 aromatic rings. The summed E-state index contributed by atoms with van der Waals surface area (Å²) in [6, 6.07) is 18.8. The topological polar surface area (TPSA) is 12.4 Å². The molecule has 0 aliphatic heterocycles. The van der Waals surface area contributed by atoms with Crippen LogP contribution in [-0.2, 0) is 6.54 Å². The maximum atomic E-state index is 3.86. The molecule has 1 heteroatoms. The molecule has 0 unspecified atom stereocenters. The number of nitrogens with zero attached hydrogens (tertiary/aromatic N) is 1. The van der Waals surface area contributed by atoms with Gasteiger partial charge in [0.1, 0.15) is 0 Å². The summed E-state index contributed by atoms with van der Waals surface area (Å²) < 4.78 is 0. The van der Waals surface area contributed by atoms with Crippen LogP contribution in [0.2, 0.25) is 0 Å². The van der Waals surface area contributed by atoms with E-state index in [-0.39, 0.29) is 0 Å². The average Bonchev–Trinajstić information content (AvgIpc) is 2.32. The molecule has 15 heavy (non-hydrogen) atoms. The largest absolute Gasteiger partial charge is 0.296 e. The third-order valence-corrected chi connectivity index (χ3v) is 2.36. The molecule has 0 fully saturated rings. The summed E-state index contributed by atoms with van der Waals surface area (Å²) in [5.74, 6) is 0. The molecule has 0 radical (unpaired) electrons. The first kappa shape index (κ1) is 9.66. The van der Waals surface area contributed by atoms with Gasteiger partial charge in [0, 0.05) is 0 Å². The van der Waals surface area contributed by atoms with Crippen LogP contribution in [-0.4, -0.2) is 6.72 Å². The predicted molar refractivity (Wildman–Crippen MR) is 65.1 cm³/mol. The molecule has 0 amide bonds. The highest BCUT2D eigenvalue weighted by atomic mass is 14.7. The summed E-state index contributed by atoms with van der Waals surface area (Å²) in [7, 11) is 0. The van der Waals surface area contributed by atoms with E-state index in [1.165, 1.54) is 16.7 Å². The Kier molecular flexibility index (Phi) is 2.93. The Bertz CT molecular complexity index is 429. The fourth-order valence-corrected chi connectivity index (χ4v) is 1.56.